The zero-order valence-corrected chi connectivity index (χ0v) is 6.98. The van der Waals surface area contributed by atoms with Crippen molar-refractivity contribution < 1.29 is 9.13 Å². The summed E-state index contributed by atoms with van der Waals surface area (Å²) in [7, 11) is 1.54. The Morgan fingerprint density at radius 2 is 2.09 bits per heavy atom. The summed E-state index contributed by atoms with van der Waals surface area (Å²) in [6.45, 7) is 0.222. The molecule has 0 aliphatic heterocycles. The SMILES string of the molecule is COCC1(F)CCC(N)CC1. The van der Waals surface area contributed by atoms with Crippen molar-refractivity contribution in [2.45, 2.75) is 37.4 Å². The second-order valence-electron chi connectivity index (χ2n) is 3.42. The Morgan fingerprint density at radius 3 is 2.55 bits per heavy atom. The van der Waals surface area contributed by atoms with E-state index in [2.05, 4.69) is 0 Å². The van der Waals surface area contributed by atoms with Gasteiger partial charge in [-0.1, -0.05) is 0 Å². The molecule has 1 rings (SSSR count). The Hall–Kier alpha value is -0.150. The average molecular weight is 161 g/mol. The third-order valence-electron chi connectivity index (χ3n) is 2.33. The van der Waals surface area contributed by atoms with E-state index in [9.17, 15) is 4.39 Å². The Kier molecular flexibility index (Phi) is 2.84. The van der Waals surface area contributed by atoms with Gasteiger partial charge in [-0.25, -0.2) is 4.39 Å². The first-order chi connectivity index (χ1) is 5.16. The molecule has 66 valence electrons. The number of halogens is 1. The van der Waals surface area contributed by atoms with Crippen molar-refractivity contribution in [1.82, 2.24) is 0 Å². The van der Waals surface area contributed by atoms with E-state index in [4.69, 9.17) is 10.5 Å². The lowest BCUT2D eigenvalue weighted by molar-refractivity contribution is 0.00973. The van der Waals surface area contributed by atoms with Gasteiger partial charge in [-0.2, -0.15) is 0 Å². The average Bonchev–Trinajstić information content (AvgIpc) is 1.97. The molecule has 1 aliphatic carbocycles. The van der Waals surface area contributed by atoms with Crippen molar-refractivity contribution in [1.29, 1.82) is 0 Å². The highest BCUT2D eigenvalue weighted by atomic mass is 19.1. The maximum Gasteiger partial charge on any atom is 0.134 e. The first kappa shape index (κ1) is 8.94. The van der Waals surface area contributed by atoms with Crippen LogP contribution < -0.4 is 5.73 Å². The van der Waals surface area contributed by atoms with Crippen LogP contribution in [0.5, 0.6) is 0 Å². The summed E-state index contributed by atoms with van der Waals surface area (Å²) in [6, 6.07) is 0.204. The van der Waals surface area contributed by atoms with Crippen molar-refractivity contribution in [3.63, 3.8) is 0 Å². The molecule has 0 amide bonds. The second kappa shape index (κ2) is 3.50. The smallest absolute Gasteiger partial charge is 0.134 e. The van der Waals surface area contributed by atoms with Crippen molar-refractivity contribution in [3.05, 3.63) is 0 Å². The summed E-state index contributed by atoms with van der Waals surface area (Å²) in [5.74, 6) is 0. The van der Waals surface area contributed by atoms with Gasteiger partial charge in [0.25, 0.3) is 0 Å². The fourth-order valence-electron chi connectivity index (χ4n) is 1.56. The molecule has 0 bridgehead atoms. The number of ether oxygens (including phenoxy) is 1. The molecule has 0 unspecified atom stereocenters. The Labute approximate surface area is 66.9 Å². The number of rotatable bonds is 2. The van der Waals surface area contributed by atoms with E-state index in [-0.39, 0.29) is 12.6 Å². The molecule has 1 saturated carbocycles. The molecule has 0 spiro atoms. The van der Waals surface area contributed by atoms with Gasteiger partial charge in [0.15, 0.2) is 0 Å². The third kappa shape index (κ3) is 2.42. The van der Waals surface area contributed by atoms with Gasteiger partial charge < -0.3 is 10.5 Å². The molecule has 0 aromatic heterocycles. The van der Waals surface area contributed by atoms with Crippen LogP contribution in [-0.4, -0.2) is 25.4 Å². The van der Waals surface area contributed by atoms with E-state index < -0.39 is 5.67 Å². The van der Waals surface area contributed by atoms with Crippen LogP contribution in [-0.2, 0) is 4.74 Å². The zero-order valence-electron chi connectivity index (χ0n) is 6.98. The van der Waals surface area contributed by atoms with E-state index in [0.717, 1.165) is 12.8 Å². The summed E-state index contributed by atoms with van der Waals surface area (Å²) in [5, 5.41) is 0. The summed E-state index contributed by atoms with van der Waals surface area (Å²) >= 11 is 0. The fourth-order valence-corrected chi connectivity index (χ4v) is 1.56. The van der Waals surface area contributed by atoms with Crippen LogP contribution in [0.15, 0.2) is 0 Å². The van der Waals surface area contributed by atoms with Crippen LogP contribution in [0.25, 0.3) is 0 Å². The number of alkyl halides is 1. The van der Waals surface area contributed by atoms with Crippen LogP contribution in [0.3, 0.4) is 0 Å². The van der Waals surface area contributed by atoms with Crippen LogP contribution in [0.2, 0.25) is 0 Å². The normalized spacial score (nSPS) is 39.0. The first-order valence-electron chi connectivity index (χ1n) is 4.10. The van der Waals surface area contributed by atoms with E-state index >= 15 is 0 Å². The molecule has 0 radical (unpaired) electrons. The van der Waals surface area contributed by atoms with Crippen molar-refractivity contribution in [2.75, 3.05) is 13.7 Å². The van der Waals surface area contributed by atoms with Gasteiger partial charge >= 0.3 is 0 Å². The number of hydrogen-bond donors (Lipinski definition) is 1. The highest BCUT2D eigenvalue weighted by molar-refractivity contribution is 4.86. The predicted octanol–water partition coefficient (Wildman–Crippen LogP) is 1.24. The molecule has 0 aromatic carbocycles. The summed E-state index contributed by atoms with van der Waals surface area (Å²) < 4.78 is 18.4. The molecule has 0 heterocycles. The fraction of sp³-hybridized carbons (Fsp3) is 1.00. The van der Waals surface area contributed by atoms with E-state index in [1.54, 1.807) is 0 Å². The molecule has 2 nitrogen and oxygen atoms in total. The molecule has 2 N–H and O–H groups in total. The quantitative estimate of drug-likeness (QED) is 0.661. The van der Waals surface area contributed by atoms with Crippen molar-refractivity contribution >= 4 is 0 Å². The maximum atomic E-state index is 13.6. The Balaban J connectivity index is 2.35. The second-order valence-corrected chi connectivity index (χ2v) is 3.42. The molecule has 3 heteroatoms. The lowest BCUT2D eigenvalue weighted by Crippen LogP contribution is -2.38. The number of methoxy groups -OCH3 is 1. The molecular formula is C8H16FNO. The van der Waals surface area contributed by atoms with Crippen LogP contribution in [0.1, 0.15) is 25.7 Å². The summed E-state index contributed by atoms with van der Waals surface area (Å²) in [6.07, 6.45) is 2.70. The van der Waals surface area contributed by atoms with Crippen LogP contribution in [0.4, 0.5) is 4.39 Å². The standard InChI is InChI=1S/C8H16FNO/c1-11-6-8(9)4-2-7(10)3-5-8/h7H,2-6,10H2,1H3. The van der Waals surface area contributed by atoms with Crippen molar-refractivity contribution in [3.8, 4) is 0 Å². The van der Waals surface area contributed by atoms with Gasteiger partial charge in [-0.3, -0.25) is 0 Å². The predicted molar refractivity (Wildman–Crippen MR) is 42.2 cm³/mol. The van der Waals surface area contributed by atoms with Gasteiger partial charge in [0, 0.05) is 13.2 Å². The molecule has 0 saturated heterocycles. The highest BCUT2D eigenvalue weighted by Crippen LogP contribution is 2.31. The molecule has 1 fully saturated rings. The van der Waals surface area contributed by atoms with Crippen molar-refractivity contribution in [2.24, 2.45) is 5.73 Å². The molecule has 0 aromatic rings. The topological polar surface area (TPSA) is 35.2 Å². The minimum absolute atomic E-state index is 0.204. The minimum Gasteiger partial charge on any atom is -0.381 e. The molecule has 0 atom stereocenters. The van der Waals surface area contributed by atoms with Gasteiger partial charge in [-0.15, -0.1) is 0 Å². The van der Waals surface area contributed by atoms with Gasteiger partial charge in [0.05, 0.1) is 6.61 Å². The molecular weight excluding hydrogens is 145 g/mol. The highest BCUT2D eigenvalue weighted by Gasteiger charge is 2.33. The van der Waals surface area contributed by atoms with Crippen LogP contribution in [0, 0.1) is 0 Å². The van der Waals surface area contributed by atoms with Gasteiger partial charge in [-0.05, 0) is 25.7 Å². The Bertz CT molecular complexity index is 121. The van der Waals surface area contributed by atoms with E-state index in [1.165, 1.54) is 7.11 Å². The first-order valence-corrected chi connectivity index (χ1v) is 4.10. The number of hydrogen-bond acceptors (Lipinski definition) is 2. The monoisotopic (exact) mass is 161 g/mol. The Morgan fingerprint density at radius 1 is 1.55 bits per heavy atom. The zero-order chi connectivity index (χ0) is 8.32. The maximum absolute atomic E-state index is 13.6. The largest absolute Gasteiger partial charge is 0.381 e. The lowest BCUT2D eigenvalue weighted by Gasteiger charge is -2.31. The molecule has 1 aliphatic rings. The van der Waals surface area contributed by atoms with E-state index in [1.807, 2.05) is 0 Å². The minimum atomic E-state index is -1.09. The summed E-state index contributed by atoms with van der Waals surface area (Å²) in [5.41, 5.74) is 4.55. The third-order valence-corrected chi connectivity index (χ3v) is 2.33. The summed E-state index contributed by atoms with van der Waals surface area (Å²) in [4.78, 5) is 0. The number of nitrogens with two attached hydrogens (primary N) is 1. The van der Waals surface area contributed by atoms with Gasteiger partial charge in [0.1, 0.15) is 5.67 Å². The van der Waals surface area contributed by atoms with E-state index in [0.29, 0.717) is 12.8 Å². The van der Waals surface area contributed by atoms with Crippen LogP contribution >= 0.6 is 0 Å². The molecule has 11 heavy (non-hydrogen) atoms. The lowest BCUT2D eigenvalue weighted by atomic mass is 9.84. The van der Waals surface area contributed by atoms with Gasteiger partial charge in [0.2, 0.25) is 0 Å².